The lowest BCUT2D eigenvalue weighted by atomic mass is 9.94. The van der Waals surface area contributed by atoms with Gasteiger partial charge < -0.3 is 14.8 Å². The standard InChI is InChI=1S/C25H28N4O4S/c1-25(2)13-17(10-12-33-25)29-23-21(24(31)28-29)22(34-15-20(30)27-23)18-8-3-4-9-19(18)32-14-16-7-5-6-11-26-16/h3-9,11,17,22H,10,12-15H2,1-2H3,(H,27,30)(H,28,31)/t17-,22+/m0/s1. The lowest BCUT2D eigenvalue weighted by Gasteiger charge is -2.36. The summed E-state index contributed by atoms with van der Waals surface area (Å²) >= 11 is 1.43. The summed E-state index contributed by atoms with van der Waals surface area (Å²) in [5, 5.41) is 5.65. The van der Waals surface area contributed by atoms with Gasteiger partial charge in [0, 0.05) is 18.4 Å². The van der Waals surface area contributed by atoms with E-state index in [2.05, 4.69) is 15.4 Å². The fourth-order valence-corrected chi connectivity index (χ4v) is 5.80. The van der Waals surface area contributed by atoms with Gasteiger partial charge in [-0.1, -0.05) is 24.3 Å². The minimum absolute atomic E-state index is 0.0277. The summed E-state index contributed by atoms with van der Waals surface area (Å²) in [6, 6.07) is 13.4. The quantitative estimate of drug-likeness (QED) is 0.572. The van der Waals surface area contributed by atoms with Crippen LogP contribution in [0.3, 0.4) is 0 Å². The molecule has 0 unspecified atom stereocenters. The third-order valence-corrected chi connectivity index (χ3v) is 7.45. The van der Waals surface area contributed by atoms with E-state index >= 15 is 0 Å². The van der Waals surface area contributed by atoms with E-state index in [4.69, 9.17) is 9.47 Å². The number of carbonyl (C=O) groups is 1. The van der Waals surface area contributed by atoms with Gasteiger partial charge in [-0.25, -0.2) is 0 Å². The zero-order valence-corrected chi connectivity index (χ0v) is 20.1. The molecular weight excluding hydrogens is 452 g/mol. The molecule has 0 aliphatic carbocycles. The van der Waals surface area contributed by atoms with Crippen LogP contribution in [0, 0.1) is 0 Å². The van der Waals surface area contributed by atoms with Gasteiger partial charge in [0.1, 0.15) is 18.2 Å². The number of rotatable bonds is 5. The van der Waals surface area contributed by atoms with Crippen LogP contribution < -0.4 is 15.6 Å². The Morgan fingerprint density at radius 3 is 2.82 bits per heavy atom. The van der Waals surface area contributed by atoms with Crippen LogP contribution in [0.15, 0.2) is 53.5 Å². The first-order valence-corrected chi connectivity index (χ1v) is 12.5. The number of pyridine rings is 1. The fraction of sp³-hybridized carbons (Fsp3) is 0.400. The summed E-state index contributed by atoms with van der Waals surface area (Å²) < 4.78 is 13.8. The van der Waals surface area contributed by atoms with Crippen molar-refractivity contribution in [2.24, 2.45) is 0 Å². The number of ether oxygens (including phenoxy) is 2. The average molecular weight is 481 g/mol. The van der Waals surface area contributed by atoms with Gasteiger partial charge in [0.25, 0.3) is 5.56 Å². The zero-order chi connectivity index (χ0) is 23.7. The van der Waals surface area contributed by atoms with Crippen molar-refractivity contribution in [2.45, 2.75) is 50.2 Å². The third-order valence-electron chi connectivity index (χ3n) is 6.20. The lowest BCUT2D eigenvalue weighted by molar-refractivity contribution is -0.113. The number of benzene rings is 1. The van der Waals surface area contributed by atoms with Gasteiger partial charge in [-0.3, -0.25) is 24.4 Å². The fourth-order valence-electron chi connectivity index (χ4n) is 4.65. The molecule has 0 radical (unpaired) electrons. The number of nitrogens with zero attached hydrogens (tertiary/aromatic N) is 2. The smallest absolute Gasteiger partial charge is 0.270 e. The van der Waals surface area contributed by atoms with Crippen LogP contribution >= 0.6 is 11.8 Å². The maximum absolute atomic E-state index is 13.3. The van der Waals surface area contributed by atoms with E-state index in [1.807, 2.05) is 61.0 Å². The van der Waals surface area contributed by atoms with E-state index < -0.39 is 0 Å². The molecule has 2 aliphatic heterocycles. The molecule has 2 N–H and O–H groups in total. The molecule has 9 heteroatoms. The van der Waals surface area contributed by atoms with Gasteiger partial charge >= 0.3 is 0 Å². The van der Waals surface area contributed by atoms with Gasteiger partial charge in [0.2, 0.25) is 5.91 Å². The van der Waals surface area contributed by atoms with Gasteiger partial charge in [-0.15, -0.1) is 11.8 Å². The number of thioether (sulfide) groups is 1. The zero-order valence-electron chi connectivity index (χ0n) is 19.2. The molecule has 2 atom stereocenters. The molecule has 3 aromatic rings. The van der Waals surface area contributed by atoms with E-state index in [1.165, 1.54) is 11.8 Å². The predicted molar refractivity (Wildman–Crippen MR) is 131 cm³/mol. The normalized spacial score (nSPS) is 21.9. The maximum Gasteiger partial charge on any atom is 0.270 e. The summed E-state index contributed by atoms with van der Waals surface area (Å²) in [5.41, 5.74) is 1.73. The van der Waals surface area contributed by atoms with Crippen molar-refractivity contribution < 1.29 is 14.3 Å². The Kier molecular flexibility index (Phi) is 6.22. The first-order valence-electron chi connectivity index (χ1n) is 11.4. The number of fused-ring (bicyclic) bond motifs is 1. The molecule has 4 heterocycles. The molecule has 1 amide bonds. The van der Waals surface area contributed by atoms with Crippen LogP contribution in [0.1, 0.15) is 54.8 Å². The van der Waals surface area contributed by atoms with Crippen LogP contribution in [-0.2, 0) is 16.1 Å². The highest BCUT2D eigenvalue weighted by Gasteiger charge is 2.36. The minimum Gasteiger partial charge on any atom is -0.487 e. The van der Waals surface area contributed by atoms with Crippen molar-refractivity contribution in [2.75, 3.05) is 17.7 Å². The Bertz CT molecular complexity index is 1240. The van der Waals surface area contributed by atoms with Crippen molar-refractivity contribution in [3.8, 4) is 5.75 Å². The summed E-state index contributed by atoms with van der Waals surface area (Å²) in [5.74, 6) is 1.34. The summed E-state index contributed by atoms with van der Waals surface area (Å²) in [7, 11) is 0. The summed E-state index contributed by atoms with van der Waals surface area (Å²) in [6.07, 6.45) is 3.23. The molecule has 5 rings (SSSR count). The minimum atomic E-state index is -0.355. The first kappa shape index (κ1) is 22.7. The van der Waals surface area contributed by atoms with Crippen LogP contribution in [0.25, 0.3) is 0 Å². The summed E-state index contributed by atoms with van der Waals surface area (Å²) in [6.45, 7) is 5.01. The van der Waals surface area contributed by atoms with Gasteiger partial charge in [0.15, 0.2) is 0 Å². The molecule has 1 fully saturated rings. The number of para-hydroxylation sites is 1. The van der Waals surface area contributed by atoms with E-state index in [0.29, 0.717) is 30.3 Å². The Morgan fingerprint density at radius 1 is 1.21 bits per heavy atom. The average Bonchev–Trinajstić information content (AvgIpc) is 3.03. The number of aromatic nitrogens is 3. The Morgan fingerprint density at radius 2 is 2.03 bits per heavy atom. The van der Waals surface area contributed by atoms with E-state index in [1.54, 1.807) is 6.20 Å². The molecule has 2 aliphatic rings. The number of H-pyrrole nitrogens is 1. The first-order chi connectivity index (χ1) is 16.4. The van der Waals surface area contributed by atoms with Gasteiger partial charge in [-0.05, 0) is 44.9 Å². The Balaban J connectivity index is 1.52. The molecule has 1 aromatic carbocycles. The molecule has 0 bridgehead atoms. The van der Waals surface area contributed by atoms with Crippen molar-refractivity contribution in [3.05, 3.63) is 75.8 Å². The summed E-state index contributed by atoms with van der Waals surface area (Å²) in [4.78, 5) is 30.3. The molecule has 178 valence electrons. The molecule has 0 spiro atoms. The SMILES string of the molecule is CC1(C)C[C@@H](n2[nH]c(=O)c3c2NC(=O)CS[C@@H]3c2ccccc2OCc2ccccn2)CCO1. The number of carbonyl (C=O) groups excluding carboxylic acids is 1. The predicted octanol–water partition coefficient (Wildman–Crippen LogP) is 4.06. The Labute approximate surface area is 202 Å². The second-order valence-electron chi connectivity index (χ2n) is 9.21. The number of aromatic amines is 1. The van der Waals surface area contributed by atoms with Gasteiger partial charge in [-0.2, -0.15) is 0 Å². The van der Waals surface area contributed by atoms with Crippen molar-refractivity contribution in [1.29, 1.82) is 0 Å². The highest BCUT2D eigenvalue weighted by Crippen LogP contribution is 2.44. The molecule has 2 aromatic heterocycles. The van der Waals surface area contributed by atoms with Crippen molar-refractivity contribution in [3.63, 3.8) is 0 Å². The third kappa shape index (κ3) is 4.63. The Hall–Kier alpha value is -3.04. The number of hydrogen-bond donors (Lipinski definition) is 2. The number of hydrogen-bond acceptors (Lipinski definition) is 6. The highest BCUT2D eigenvalue weighted by molar-refractivity contribution is 8.00. The molecule has 34 heavy (non-hydrogen) atoms. The molecule has 1 saturated heterocycles. The van der Waals surface area contributed by atoms with E-state index in [0.717, 1.165) is 24.1 Å². The van der Waals surface area contributed by atoms with Crippen LogP contribution in [0.2, 0.25) is 0 Å². The molecule has 0 saturated carbocycles. The van der Waals surface area contributed by atoms with Crippen molar-refractivity contribution >= 4 is 23.5 Å². The number of nitrogens with one attached hydrogen (secondary N) is 2. The van der Waals surface area contributed by atoms with Crippen LogP contribution in [0.5, 0.6) is 5.75 Å². The maximum atomic E-state index is 13.3. The number of anilines is 1. The highest BCUT2D eigenvalue weighted by atomic mass is 32.2. The number of amides is 1. The lowest BCUT2D eigenvalue weighted by Crippen LogP contribution is -2.36. The van der Waals surface area contributed by atoms with E-state index in [-0.39, 0.29) is 34.1 Å². The van der Waals surface area contributed by atoms with Gasteiger partial charge in [0.05, 0.1) is 33.9 Å². The monoisotopic (exact) mass is 480 g/mol. The van der Waals surface area contributed by atoms with Crippen LogP contribution in [0.4, 0.5) is 5.82 Å². The van der Waals surface area contributed by atoms with Crippen LogP contribution in [-0.4, -0.2) is 38.6 Å². The second-order valence-corrected chi connectivity index (χ2v) is 10.3. The molecule has 8 nitrogen and oxygen atoms in total. The molecular formula is C25H28N4O4S. The second kappa shape index (κ2) is 9.31. The topological polar surface area (TPSA) is 98.2 Å². The largest absolute Gasteiger partial charge is 0.487 e. The van der Waals surface area contributed by atoms with E-state index in [9.17, 15) is 9.59 Å². The van der Waals surface area contributed by atoms with Crippen molar-refractivity contribution in [1.82, 2.24) is 14.8 Å².